The Labute approximate surface area is 120 Å². The molecule has 0 radical (unpaired) electrons. The Morgan fingerprint density at radius 1 is 1.00 bits per heavy atom. The minimum Gasteiger partial charge on any atom is -0.308 e. The summed E-state index contributed by atoms with van der Waals surface area (Å²) in [7, 11) is 0. The summed E-state index contributed by atoms with van der Waals surface area (Å²) in [6, 6.07) is 2.07. The fraction of sp³-hybridized carbons (Fsp3) is 0.750. The summed E-state index contributed by atoms with van der Waals surface area (Å²) in [5.74, 6) is 10.4. The van der Waals surface area contributed by atoms with Crippen LogP contribution in [0.4, 0.5) is 5.82 Å². The number of aromatic nitrogens is 2. The third-order valence-electron chi connectivity index (χ3n) is 5.24. The molecule has 3 fully saturated rings. The molecule has 0 saturated heterocycles. The number of nitrogen functional groups attached to an aromatic ring is 1. The number of hydrogen-bond acceptors (Lipinski definition) is 4. The molecule has 0 bridgehead atoms. The van der Waals surface area contributed by atoms with Gasteiger partial charge in [0.2, 0.25) is 0 Å². The van der Waals surface area contributed by atoms with Crippen LogP contribution >= 0.6 is 0 Å². The number of anilines is 1. The number of nitrogens with one attached hydrogen (secondary N) is 1. The van der Waals surface area contributed by atoms with E-state index in [0.717, 1.165) is 23.5 Å². The fourth-order valence-electron chi connectivity index (χ4n) is 3.86. The van der Waals surface area contributed by atoms with Crippen molar-refractivity contribution < 1.29 is 0 Å². The van der Waals surface area contributed by atoms with Crippen molar-refractivity contribution in [3.05, 3.63) is 17.6 Å². The van der Waals surface area contributed by atoms with E-state index in [1.807, 2.05) is 0 Å². The first-order chi connectivity index (χ1) is 9.85. The molecule has 108 valence electrons. The molecule has 4 heteroatoms. The molecule has 1 aromatic heterocycles. The molecule has 3 aliphatic rings. The molecule has 0 atom stereocenters. The Balaban J connectivity index is 1.68. The number of hydrazine groups is 1. The third-order valence-corrected chi connectivity index (χ3v) is 5.24. The molecule has 3 N–H and O–H groups in total. The van der Waals surface area contributed by atoms with Crippen LogP contribution in [-0.2, 0) is 0 Å². The minimum absolute atomic E-state index is 0.600. The standard InChI is InChI=1S/C16H24N4/c17-20-14-9-13(10-3-1-2-4-10)18-16(19-14)15(11-5-6-11)12-7-8-12/h9-12,15H,1-8,17H2,(H,18,19,20). The molecule has 4 rings (SSSR count). The van der Waals surface area contributed by atoms with Crippen LogP contribution in [0.3, 0.4) is 0 Å². The molecule has 0 unspecified atom stereocenters. The van der Waals surface area contributed by atoms with Gasteiger partial charge >= 0.3 is 0 Å². The second-order valence-electron chi connectivity index (χ2n) is 6.86. The number of hydrogen-bond donors (Lipinski definition) is 2. The van der Waals surface area contributed by atoms with E-state index in [1.54, 1.807) is 0 Å². The summed E-state index contributed by atoms with van der Waals surface area (Å²) >= 11 is 0. The highest BCUT2D eigenvalue weighted by molar-refractivity contribution is 5.37. The van der Waals surface area contributed by atoms with Crippen LogP contribution in [0.5, 0.6) is 0 Å². The monoisotopic (exact) mass is 272 g/mol. The second-order valence-corrected chi connectivity index (χ2v) is 6.86. The first-order valence-electron chi connectivity index (χ1n) is 8.20. The molecule has 4 nitrogen and oxygen atoms in total. The SMILES string of the molecule is NNc1cc(C2CCCC2)nc(C(C2CC2)C2CC2)n1. The van der Waals surface area contributed by atoms with Crippen molar-refractivity contribution in [3.8, 4) is 0 Å². The number of rotatable bonds is 5. The number of nitrogens with zero attached hydrogens (tertiary/aromatic N) is 2. The van der Waals surface area contributed by atoms with Gasteiger partial charge in [-0.05, 0) is 50.4 Å². The van der Waals surface area contributed by atoms with Gasteiger partial charge in [0.25, 0.3) is 0 Å². The molecular formula is C16H24N4. The maximum atomic E-state index is 5.63. The molecule has 1 aromatic rings. The highest BCUT2D eigenvalue weighted by Gasteiger charge is 2.44. The summed E-state index contributed by atoms with van der Waals surface area (Å²) in [5, 5.41) is 0. The normalized spacial score (nSPS) is 23.5. The molecule has 20 heavy (non-hydrogen) atoms. The predicted molar refractivity (Wildman–Crippen MR) is 79.2 cm³/mol. The van der Waals surface area contributed by atoms with Crippen molar-refractivity contribution in [2.45, 2.75) is 63.2 Å². The Morgan fingerprint density at radius 3 is 2.20 bits per heavy atom. The van der Waals surface area contributed by atoms with E-state index < -0.39 is 0 Å². The van der Waals surface area contributed by atoms with Gasteiger partial charge in [0.15, 0.2) is 0 Å². The van der Waals surface area contributed by atoms with Crippen LogP contribution in [0.2, 0.25) is 0 Å². The zero-order chi connectivity index (χ0) is 13.5. The van der Waals surface area contributed by atoms with Crippen LogP contribution in [-0.4, -0.2) is 9.97 Å². The maximum Gasteiger partial charge on any atom is 0.143 e. The minimum atomic E-state index is 0.600. The van der Waals surface area contributed by atoms with E-state index in [-0.39, 0.29) is 0 Å². The van der Waals surface area contributed by atoms with Gasteiger partial charge in [0.05, 0.1) is 0 Å². The lowest BCUT2D eigenvalue weighted by Gasteiger charge is -2.18. The van der Waals surface area contributed by atoms with Gasteiger partial charge in [-0.2, -0.15) is 0 Å². The lowest BCUT2D eigenvalue weighted by atomic mass is 9.96. The Hall–Kier alpha value is -1.16. The fourth-order valence-corrected chi connectivity index (χ4v) is 3.86. The first-order valence-corrected chi connectivity index (χ1v) is 8.20. The van der Waals surface area contributed by atoms with E-state index in [2.05, 4.69) is 11.5 Å². The summed E-state index contributed by atoms with van der Waals surface area (Å²) in [6.07, 6.45) is 10.7. The Morgan fingerprint density at radius 2 is 1.65 bits per heavy atom. The average molecular weight is 272 g/mol. The summed E-state index contributed by atoms with van der Waals surface area (Å²) in [4.78, 5) is 9.68. The van der Waals surface area contributed by atoms with Crippen molar-refractivity contribution in [2.75, 3.05) is 5.43 Å². The van der Waals surface area contributed by atoms with Gasteiger partial charge in [-0.3, -0.25) is 0 Å². The van der Waals surface area contributed by atoms with E-state index in [1.165, 1.54) is 57.1 Å². The molecule has 0 aromatic carbocycles. The molecule has 0 amide bonds. The van der Waals surface area contributed by atoms with Crippen LogP contribution in [0, 0.1) is 11.8 Å². The zero-order valence-electron chi connectivity index (χ0n) is 12.0. The lowest BCUT2D eigenvalue weighted by Crippen LogP contribution is -2.16. The Bertz CT molecular complexity index is 475. The van der Waals surface area contributed by atoms with Crippen molar-refractivity contribution in [1.82, 2.24) is 9.97 Å². The Kier molecular flexibility index (Phi) is 3.14. The van der Waals surface area contributed by atoms with Crippen LogP contribution in [0.1, 0.15) is 74.7 Å². The van der Waals surface area contributed by atoms with E-state index in [9.17, 15) is 0 Å². The van der Waals surface area contributed by atoms with Crippen molar-refractivity contribution in [2.24, 2.45) is 17.7 Å². The van der Waals surface area contributed by atoms with Gasteiger partial charge in [-0.1, -0.05) is 12.8 Å². The van der Waals surface area contributed by atoms with E-state index in [4.69, 9.17) is 15.8 Å². The third kappa shape index (κ3) is 2.41. The van der Waals surface area contributed by atoms with E-state index in [0.29, 0.717) is 11.8 Å². The zero-order valence-corrected chi connectivity index (χ0v) is 12.0. The number of nitrogens with two attached hydrogens (primary N) is 1. The summed E-state index contributed by atoms with van der Waals surface area (Å²) in [6.45, 7) is 0. The van der Waals surface area contributed by atoms with Gasteiger partial charge in [0, 0.05) is 23.6 Å². The topological polar surface area (TPSA) is 63.8 Å². The molecule has 0 aliphatic heterocycles. The summed E-state index contributed by atoms with van der Waals surface area (Å²) < 4.78 is 0. The predicted octanol–water partition coefficient (Wildman–Crippen LogP) is 3.32. The van der Waals surface area contributed by atoms with Crippen molar-refractivity contribution in [1.29, 1.82) is 0 Å². The van der Waals surface area contributed by atoms with Crippen LogP contribution in [0.25, 0.3) is 0 Å². The van der Waals surface area contributed by atoms with Gasteiger partial charge in [-0.25, -0.2) is 15.8 Å². The van der Waals surface area contributed by atoms with Gasteiger partial charge < -0.3 is 5.43 Å². The van der Waals surface area contributed by atoms with Gasteiger partial charge in [-0.15, -0.1) is 0 Å². The lowest BCUT2D eigenvalue weighted by molar-refractivity contribution is 0.503. The molecule has 0 spiro atoms. The first kappa shape index (κ1) is 12.6. The highest BCUT2D eigenvalue weighted by Crippen LogP contribution is 2.54. The molecule has 1 heterocycles. The highest BCUT2D eigenvalue weighted by atomic mass is 15.3. The molecular weight excluding hydrogens is 248 g/mol. The van der Waals surface area contributed by atoms with Crippen LogP contribution in [0.15, 0.2) is 6.07 Å². The smallest absolute Gasteiger partial charge is 0.143 e. The maximum absolute atomic E-state index is 5.63. The van der Waals surface area contributed by atoms with E-state index >= 15 is 0 Å². The van der Waals surface area contributed by atoms with Crippen molar-refractivity contribution in [3.63, 3.8) is 0 Å². The summed E-state index contributed by atoms with van der Waals surface area (Å²) in [5.41, 5.74) is 3.98. The van der Waals surface area contributed by atoms with Crippen molar-refractivity contribution >= 4 is 5.82 Å². The quantitative estimate of drug-likeness (QED) is 0.637. The van der Waals surface area contributed by atoms with Gasteiger partial charge in [0.1, 0.15) is 11.6 Å². The molecule has 3 saturated carbocycles. The largest absolute Gasteiger partial charge is 0.308 e. The van der Waals surface area contributed by atoms with Crippen LogP contribution < -0.4 is 11.3 Å². The molecule has 3 aliphatic carbocycles. The average Bonchev–Trinajstić information content (AvgIpc) is 3.41. The second kappa shape index (κ2) is 4.99.